The number of aryl methyl sites for hydroxylation is 1. The van der Waals surface area contributed by atoms with Crippen molar-refractivity contribution in [1.82, 2.24) is 25.6 Å². The molecule has 3 aromatic rings. The van der Waals surface area contributed by atoms with Gasteiger partial charge in [0.1, 0.15) is 23.3 Å². The molecule has 1 aliphatic heterocycles. The first kappa shape index (κ1) is 21.9. The average Bonchev–Trinajstić information content (AvgIpc) is 3.57. The number of carbonyl (C=O) groups excluding carboxylic acids is 1. The summed E-state index contributed by atoms with van der Waals surface area (Å²) in [6.07, 6.45) is 5.91. The molecule has 0 spiro atoms. The van der Waals surface area contributed by atoms with Gasteiger partial charge in [0.05, 0.1) is 17.7 Å². The Hall–Kier alpha value is -2.93. The molecule has 0 bridgehead atoms. The van der Waals surface area contributed by atoms with Gasteiger partial charge in [0, 0.05) is 17.3 Å². The van der Waals surface area contributed by atoms with E-state index < -0.39 is 0 Å². The molecule has 2 aromatic heterocycles. The zero-order valence-electron chi connectivity index (χ0n) is 19.7. The van der Waals surface area contributed by atoms with Crippen LogP contribution < -0.4 is 15.4 Å². The minimum absolute atomic E-state index is 0.0727. The number of aromatic nitrogens is 3. The van der Waals surface area contributed by atoms with Crippen molar-refractivity contribution < 1.29 is 9.53 Å². The number of amides is 1. The number of nitrogens with zero attached hydrogens (tertiary/aromatic N) is 2. The molecule has 0 unspecified atom stereocenters. The standard InChI is InChI=1S/C26H33N5O2/c1-15(2)18-6-7-21(33-13-17-4-5-17)20(12-18)23-25-24(29-14-28-23)22(16(3)30-25)26(32)31-19-8-10-27-11-9-19/h6-7,12,14-15,17,19,27,30H,4-5,8-11,13H2,1-3H3,(H,31,32). The third kappa shape index (κ3) is 4.60. The van der Waals surface area contributed by atoms with Crippen LogP contribution in [0.1, 0.15) is 67.1 Å². The molecule has 2 fully saturated rings. The largest absolute Gasteiger partial charge is 0.493 e. The Labute approximate surface area is 194 Å². The van der Waals surface area contributed by atoms with Gasteiger partial charge in [0.15, 0.2) is 0 Å². The van der Waals surface area contributed by atoms with Crippen LogP contribution >= 0.6 is 0 Å². The molecule has 3 N–H and O–H groups in total. The van der Waals surface area contributed by atoms with E-state index in [1.165, 1.54) is 18.4 Å². The number of aromatic amines is 1. The number of ether oxygens (including phenoxy) is 1. The maximum absolute atomic E-state index is 13.2. The summed E-state index contributed by atoms with van der Waals surface area (Å²) in [4.78, 5) is 25.8. The molecule has 5 rings (SSSR count). The number of rotatable bonds is 7. The second kappa shape index (κ2) is 9.14. The van der Waals surface area contributed by atoms with Crippen molar-refractivity contribution in [3.05, 3.63) is 41.3 Å². The number of fused-ring (bicyclic) bond motifs is 1. The lowest BCUT2D eigenvalue weighted by Gasteiger charge is -2.23. The number of benzene rings is 1. The van der Waals surface area contributed by atoms with Crippen LogP contribution in [-0.2, 0) is 0 Å². The number of H-pyrrole nitrogens is 1. The van der Waals surface area contributed by atoms with Crippen LogP contribution in [0.15, 0.2) is 24.5 Å². The van der Waals surface area contributed by atoms with Crippen molar-refractivity contribution in [2.24, 2.45) is 5.92 Å². The molecule has 2 aliphatic rings. The summed E-state index contributed by atoms with van der Waals surface area (Å²) < 4.78 is 6.22. The Morgan fingerprint density at radius 1 is 1.18 bits per heavy atom. The molecule has 33 heavy (non-hydrogen) atoms. The molecule has 1 saturated carbocycles. The van der Waals surface area contributed by atoms with Gasteiger partial charge in [-0.25, -0.2) is 9.97 Å². The molecular weight excluding hydrogens is 414 g/mol. The van der Waals surface area contributed by atoms with Gasteiger partial charge < -0.3 is 20.4 Å². The topological polar surface area (TPSA) is 91.9 Å². The normalized spacial score (nSPS) is 17.0. The van der Waals surface area contributed by atoms with Crippen molar-refractivity contribution in [2.45, 2.75) is 58.4 Å². The van der Waals surface area contributed by atoms with Crippen LogP contribution in [0, 0.1) is 12.8 Å². The Balaban J connectivity index is 1.54. The average molecular weight is 448 g/mol. The zero-order valence-corrected chi connectivity index (χ0v) is 19.7. The number of carbonyl (C=O) groups is 1. The molecule has 1 aromatic carbocycles. The number of hydrogen-bond donors (Lipinski definition) is 3. The highest BCUT2D eigenvalue weighted by Gasteiger charge is 2.26. The van der Waals surface area contributed by atoms with Gasteiger partial charge in [0.2, 0.25) is 0 Å². The lowest BCUT2D eigenvalue weighted by molar-refractivity contribution is 0.0930. The maximum Gasteiger partial charge on any atom is 0.255 e. The van der Waals surface area contributed by atoms with E-state index in [0.717, 1.165) is 60.8 Å². The summed E-state index contributed by atoms with van der Waals surface area (Å²) in [7, 11) is 0. The highest BCUT2D eigenvalue weighted by molar-refractivity contribution is 6.09. The van der Waals surface area contributed by atoms with Gasteiger partial charge in [-0.15, -0.1) is 0 Å². The minimum Gasteiger partial charge on any atom is -0.493 e. The SMILES string of the molecule is Cc1[nH]c2c(-c3cc(C(C)C)ccc3OCC3CC3)ncnc2c1C(=O)NC1CCNCC1. The number of piperidine rings is 1. The molecule has 1 aliphatic carbocycles. The molecule has 7 nitrogen and oxygen atoms in total. The molecule has 3 heterocycles. The fourth-order valence-corrected chi connectivity index (χ4v) is 4.54. The van der Waals surface area contributed by atoms with Gasteiger partial charge in [-0.3, -0.25) is 4.79 Å². The third-order valence-corrected chi connectivity index (χ3v) is 6.77. The van der Waals surface area contributed by atoms with Crippen molar-refractivity contribution in [3.8, 4) is 17.0 Å². The first-order chi connectivity index (χ1) is 16.0. The van der Waals surface area contributed by atoms with Crippen LogP contribution in [-0.4, -0.2) is 46.6 Å². The maximum atomic E-state index is 13.2. The molecule has 7 heteroatoms. The van der Waals surface area contributed by atoms with Crippen molar-refractivity contribution in [3.63, 3.8) is 0 Å². The monoisotopic (exact) mass is 447 g/mol. The number of hydrogen-bond acceptors (Lipinski definition) is 5. The van der Waals surface area contributed by atoms with E-state index in [-0.39, 0.29) is 11.9 Å². The fraction of sp³-hybridized carbons (Fsp3) is 0.500. The summed E-state index contributed by atoms with van der Waals surface area (Å²) in [5.41, 5.74) is 5.79. The van der Waals surface area contributed by atoms with Crippen LogP contribution in [0.5, 0.6) is 5.75 Å². The van der Waals surface area contributed by atoms with Crippen LogP contribution in [0.25, 0.3) is 22.3 Å². The summed E-state index contributed by atoms with van der Waals surface area (Å²) >= 11 is 0. The Bertz CT molecular complexity index is 1160. The van der Waals surface area contributed by atoms with Gasteiger partial charge in [-0.2, -0.15) is 0 Å². The summed E-state index contributed by atoms with van der Waals surface area (Å²) in [5.74, 6) is 1.80. The summed E-state index contributed by atoms with van der Waals surface area (Å²) in [6.45, 7) is 8.89. The van der Waals surface area contributed by atoms with Crippen molar-refractivity contribution in [2.75, 3.05) is 19.7 Å². The van der Waals surface area contributed by atoms with Crippen LogP contribution in [0.2, 0.25) is 0 Å². The lowest BCUT2D eigenvalue weighted by Crippen LogP contribution is -2.42. The van der Waals surface area contributed by atoms with Crippen molar-refractivity contribution >= 4 is 16.9 Å². The lowest BCUT2D eigenvalue weighted by atomic mass is 9.98. The first-order valence-corrected chi connectivity index (χ1v) is 12.1. The quantitative estimate of drug-likeness (QED) is 0.501. The molecule has 0 radical (unpaired) electrons. The van der Waals surface area contributed by atoms with E-state index in [4.69, 9.17) is 4.74 Å². The van der Waals surface area contributed by atoms with Crippen LogP contribution in [0.4, 0.5) is 0 Å². The Morgan fingerprint density at radius 2 is 1.97 bits per heavy atom. The highest BCUT2D eigenvalue weighted by atomic mass is 16.5. The summed E-state index contributed by atoms with van der Waals surface area (Å²) in [5, 5.41) is 6.54. The van der Waals surface area contributed by atoms with Gasteiger partial charge >= 0.3 is 0 Å². The van der Waals surface area contributed by atoms with E-state index >= 15 is 0 Å². The Morgan fingerprint density at radius 3 is 2.70 bits per heavy atom. The van der Waals surface area contributed by atoms with E-state index in [9.17, 15) is 4.79 Å². The summed E-state index contributed by atoms with van der Waals surface area (Å²) in [6, 6.07) is 6.54. The van der Waals surface area contributed by atoms with E-state index in [2.05, 4.69) is 57.6 Å². The molecule has 0 atom stereocenters. The van der Waals surface area contributed by atoms with E-state index in [0.29, 0.717) is 22.9 Å². The molecule has 1 amide bonds. The number of nitrogens with one attached hydrogen (secondary N) is 3. The smallest absolute Gasteiger partial charge is 0.255 e. The predicted molar refractivity (Wildman–Crippen MR) is 130 cm³/mol. The third-order valence-electron chi connectivity index (χ3n) is 6.77. The zero-order chi connectivity index (χ0) is 22.9. The fourth-order valence-electron chi connectivity index (χ4n) is 4.54. The minimum atomic E-state index is -0.0727. The Kier molecular flexibility index (Phi) is 6.06. The highest BCUT2D eigenvalue weighted by Crippen LogP contribution is 2.38. The predicted octanol–water partition coefficient (Wildman–Crippen LogP) is 4.33. The first-order valence-electron chi connectivity index (χ1n) is 12.1. The molecule has 174 valence electrons. The second-order valence-electron chi connectivity index (χ2n) is 9.73. The second-order valence-corrected chi connectivity index (χ2v) is 9.73. The van der Waals surface area contributed by atoms with E-state index in [1.54, 1.807) is 6.33 Å². The van der Waals surface area contributed by atoms with E-state index in [1.807, 2.05) is 6.92 Å². The van der Waals surface area contributed by atoms with Gasteiger partial charge in [0.25, 0.3) is 5.91 Å². The van der Waals surface area contributed by atoms with Crippen molar-refractivity contribution in [1.29, 1.82) is 0 Å². The van der Waals surface area contributed by atoms with Gasteiger partial charge in [-0.05, 0) is 75.2 Å². The van der Waals surface area contributed by atoms with Gasteiger partial charge in [-0.1, -0.05) is 19.9 Å². The van der Waals surface area contributed by atoms with Crippen LogP contribution in [0.3, 0.4) is 0 Å². The molecule has 1 saturated heterocycles. The molecular formula is C26H33N5O2.